The summed E-state index contributed by atoms with van der Waals surface area (Å²) in [6.45, 7) is 21.0. The van der Waals surface area contributed by atoms with Crippen LogP contribution in [-0.4, -0.2) is 6.71 Å². The van der Waals surface area contributed by atoms with Crippen molar-refractivity contribution >= 4 is 6.71 Å². The van der Waals surface area contributed by atoms with Gasteiger partial charge in [-0.1, -0.05) is 84.0 Å². The fourth-order valence-corrected chi connectivity index (χ4v) is 8.55. The van der Waals surface area contributed by atoms with Gasteiger partial charge < -0.3 is 0 Å². The van der Waals surface area contributed by atoms with Crippen LogP contribution in [0.4, 0.5) is 0 Å². The van der Waals surface area contributed by atoms with Crippen LogP contribution in [0, 0.1) is 46.3 Å². The van der Waals surface area contributed by atoms with Crippen molar-refractivity contribution in [1.29, 1.82) is 0 Å². The number of rotatable bonds is 4. The van der Waals surface area contributed by atoms with E-state index < -0.39 is 0 Å². The molecule has 6 saturated carbocycles. The van der Waals surface area contributed by atoms with E-state index in [-0.39, 0.29) is 0 Å². The maximum atomic E-state index is 2.63. The Balaban J connectivity index is 1.57. The van der Waals surface area contributed by atoms with Gasteiger partial charge in [0.15, 0.2) is 6.71 Å². The third kappa shape index (κ3) is 2.62. The molecule has 6 aliphatic rings. The summed E-state index contributed by atoms with van der Waals surface area (Å²) in [6.07, 6.45) is 10.0. The Bertz CT molecular complexity index is 539. The van der Waals surface area contributed by atoms with Gasteiger partial charge in [-0.3, -0.25) is 0 Å². The Kier molecular flexibility index (Phi) is 4.53. The summed E-state index contributed by atoms with van der Waals surface area (Å²) in [7, 11) is 0. The van der Waals surface area contributed by atoms with Crippen LogP contribution in [0.5, 0.6) is 0 Å². The number of hydrogen-bond acceptors (Lipinski definition) is 0. The molecule has 0 aromatic rings. The van der Waals surface area contributed by atoms with Gasteiger partial charge in [0.25, 0.3) is 0 Å². The highest BCUT2D eigenvalue weighted by Gasteiger charge is 2.61. The number of fused-ring (bicyclic) bond motifs is 4. The zero-order valence-electron chi connectivity index (χ0n) is 18.8. The fraction of sp³-hybridized carbons (Fsp3) is 0.920. The average molecular weight is 354 g/mol. The average Bonchev–Trinajstić information content (AvgIpc) is 2.55. The van der Waals surface area contributed by atoms with Gasteiger partial charge in [0.1, 0.15) is 0 Å². The van der Waals surface area contributed by atoms with Crippen LogP contribution in [0.25, 0.3) is 0 Å². The molecule has 0 saturated heterocycles. The number of hydrogen-bond donors (Lipinski definition) is 0. The minimum Gasteiger partial charge on any atom is -0.0931 e. The maximum absolute atomic E-state index is 2.63. The first-order valence-electron chi connectivity index (χ1n) is 11.7. The van der Waals surface area contributed by atoms with E-state index in [1.165, 1.54) is 37.6 Å². The molecule has 0 aromatic heterocycles. The van der Waals surface area contributed by atoms with Gasteiger partial charge in [-0.15, -0.1) is 0 Å². The minimum absolute atomic E-state index is 0.624. The molecule has 1 heteroatoms. The highest BCUT2D eigenvalue weighted by Crippen LogP contribution is 2.69. The van der Waals surface area contributed by atoms with Crippen LogP contribution >= 0.6 is 0 Å². The molecule has 0 radical (unpaired) electrons. The van der Waals surface area contributed by atoms with Crippen molar-refractivity contribution in [3.8, 4) is 0 Å². The van der Waals surface area contributed by atoms with Crippen LogP contribution in [0.2, 0.25) is 18.0 Å². The van der Waals surface area contributed by atoms with Crippen molar-refractivity contribution in [3.05, 3.63) is 11.6 Å². The Morgan fingerprint density at radius 3 is 1.54 bits per heavy atom. The molecule has 6 rings (SSSR count). The summed E-state index contributed by atoms with van der Waals surface area (Å²) < 4.78 is 0. The van der Waals surface area contributed by atoms with E-state index in [1.807, 2.05) is 0 Å². The van der Waals surface area contributed by atoms with Crippen LogP contribution in [0.3, 0.4) is 0 Å². The van der Waals surface area contributed by atoms with Crippen LogP contribution in [0.1, 0.15) is 81.1 Å². The van der Waals surface area contributed by atoms with E-state index in [2.05, 4.69) is 61.5 Å². The minimum atomic E-state index is 0.624. The van der Waals surface area contributed by atoms with Crippen molar-refractivity contribution in [1.82, 2.24) is 0 Å². The van der Waals surface area contributed by atoms with Crippen LogP contribution in [-0.2, 0) is 0 Å². The highest BCUT2D eigenvalue weighted by molar-refractivity contribution is 6.62. The highest BCUT2D eigenvalue weighted by atomic mass is 14.6. The van der Waals surface area contributed by atoms with Crippen molar-refractivity contribution < 1.29 is 0 Å². The first kappa shape index (κ1) is 19.1. The molecule has 146 valence electrons. The zero-order chi connectivity index (χ0) is 19.0. The first-order chi connectivity index (χ1) is 12.0. The molecular formula is C25H43B. The molecule has 6 aliphatic carbocycles. The molecule has 4 bridgehead atoms. The second-order valence-corrected chi connectivity index (χ2v) is 12.4. The summed E-state index contributed by atoms with van der Waals surface area (Å²) in [5.41, 5.74) is 2.77. The molecule has 8 atom stereocenters. The van der Waals surface area contributed by atoms with Crippen molar-refractivity contribution in [2.75, 3.05) is 0 Å². The van der Waals surface area contributed by atoms with Gasteiger partial charge in [-0.25, -0.2) is 0 Å². The molecule has 0 amide bonds. The molecule has 0 heterocycles. The molecule has 0 aromatic carbocycles. The van der Waals surface area contributed by atoms with Crippen LogP contribution < -0.4 is 0 Å². The number of allylic oxidation sites excluding steroid dienone is 2. The Labute approximate surface area is 164 Å². The van der Waals surface area contributed by atoms with E-state index in [9.17, 15) is 0 Å². The Morgan fingerprint density at radius 2 is 1.23 bits per heavy atom. The van der Waals surface area contributed by atoms with Crippen LogP contribution in [0.15, 0.2) is 11.6 Å². The molecule has 26 heavy (non-hydrogen) atoms. The molecular weight excluding hydrogens is 311 g/mol. The normalized spacial score (nSPS) is 47.4. The van der Waals surface area contributed by atoms with Crippen molar-refractivity contribution in [3.63, 3.8) is 0 Å². The van der Waals surface area contributed by atoms with Gasteiger partial charge in [0, 0.05) is 0 Å². The Morgan fingerprint density at radius 1 is 0.808 bits per heavy atom. The van der Waals surface area contributed by atoms with Gasteiger partial charge >= 0.3 is 0 Å². The predicted octanol–water partition coefficient (Wildman–Crippen LogP) is 7.59. The molecule has 0 spiro atoms. The third-order valence-electron chi connectivity index (χ3n) is 10.7. The molecule has 6 fully saturated rings. The second-order valence-electron chi connectivity index (χ2n) is 12.4. The fourth-order valence-electron chi connectivity index (χ4n) is 8.55. The lowest BCUT2D eigenvalue weighted by Gasteiger charge is -2.66. The summed E-state index contributed by atoms with van der Waals surface area (Å²) in [4.78, 5) is 0. The molecule has 0 nitrogen and oxygen atoms in total. The Hall–Kier alpha value is -0.195. The van der Waals surface area contributed by atoms with Crippen molar-refractivity contribution in [2.24, 2.45) is 46.3 Å². The van der Waals surface area contributed by atoms with E-state index in [1.54, 1.807) is 0 Å². The SMILES string of the molecule is CC(C)=CCB(C1CC2CC(C1C)C2(C)C)C1CC2CC(C1C)C2(C)C. The van der Waals surface area contributed by atoms with Crippen molar-refractivity contribution in [2.45, 2.75) is 99.0 Å². The molecule has 0 aliphatic heterocycles. The first-order valence-corrected chi connectivity index (χ1v) is 11.7. The lowest BCUT2D eigenvalue weighted by molar-refractivity contribution is -0.107. The second kappa shape index (κ2) is 6.15. The van der Waals surface area contributed by atoms with Gasteiger partial charge in [0.05, 0.1) is 0 Å². The van der Waals surface area contributed by atoms with Gasteiger partial charge in [0.2, 0.25) is 0 Å². The zero-order valence-corrected chi connectivity index (χ0v) is 18.8. The summed E-state index contributed by atoms with van der Waals surface area (Å²) >= 11 is 0. The standard InChI is InChI=1S/C25H43B/c1-15(2)9-10-26(22-13-18-11-20(16(22)3)24(18,5)6)23-14-19-12-21(17(23)4)25(19,7)8/h9,16-23H,10-14H2,1-8H3. The van der Waals surface area contributed by atoms with E-state index in [4.69, 9.17) is 0 Å². The summed E-state index contributed by atoms with van der Waals surface area (Å²) in [5.74, 6) is 7.83. The maximum Gasteiger partial charge on any atom is 0.150 e. The van der Waals surface area contributed by atoms with Gasteiger partial charge in [-0.2, -0.15) is 0 Å². The quantitative estimate of drug-likeness (QED) is 0.360. The van der Waals surface area contributed by atoms with Gasteiger partial charge in [-0.05, 0) is 73.0 Å². The smallest absolute Gasteiger partial charge is 0.0931 e. The van der Waals surface area contributed by atoms with E-state index in [0.29, 0.717) is 10.8 Å². The molecule has 8 unspecified atom stereocenters. The third-order valence-corrected chi connectivity index (χ3v) is 10.7. The van der Waals surface area contributed by atoms with E-state index >= 15 is 0 Å². The molecule has 0 N–H and O–H groups in total. The lowest BCUT2D eigenvalue weighted by atomic mass is 9.20. The predicted molar refractivity (Wildman–Crippen MR) is 116 cm³/mol. The monoisotopic (exact) mass is 354 g/mol. The lowest BCUT2D eigenvalue weighted by Crippen LogP contribution is -2.59. The summed E-state index contributed by atoms with van der Waals surface area (Å²) in [6, 6.07) is 0. The summed E-state index contributed by atoms with van der Waals surface area (Å²) in [5, 5.41) is 0. The topological polar surface area (TPSA) is 0 Å². The largest absolute Gasteiger partial charge is 0.150 e. The van der Waals surface area contributed by atoms with E-state index in [0.717, 1.165) is 53.9 Å².